The van der Waals surface area contributed by atoms with Crippen molar-refractivity contribution in [1.29, 1.82) is 0 Å². The Balaban J connectivity index is 2.64. The number of carbonyl (C=O) groups is 1. The summed E-state index contributed by atoms with van der Waals surface area (Å²) >= 11 is 0. The summed E-state index contributed by atoms with van der Waals surface area (Å²) in [5.41, 5.74) is 0. The van der Waals surface area contributed by atoms with E-state index in [1.807, 2.05) is 4.90 Å². The summed E-state index contributed by atoms with van der Waals surface area (Å²) < 4.78 is 6.43. The van der Waals surface area contributed by atoms with Crippen molar-refractivity contribution in [2.75, 3.05) is 27.2 Å². The molecule has 0 radical (unpaired) electrons. The van der Waals surface area contributed by atoms with Gasteiger partial charge < -0.3 is 14.2 Å². The number of hydrogen-bond donors (Lipinski definition) is 0. The van der Waals surface area contributed by atoms with Gasteiger partial charge in [-0.3, -0.25) is 0 Å². The summed E-state index contributed by atoms with van der Waals surface area (Å²) in [7, 11) is 1.88. The second-order valence-electron chi connectivity index (χ2n) is 7.27. The Labute approximate surface area is 119 Å². The monoisotopic (exact) mass is 286 g/mol. The van der Waals surface area contributed by atoms with E-state index in [1.54, 1.807) is 19.0 Å². The lowest BCUT2D eigenvalue weighted by molar-refractivity contribution is 0.0824. The van der Waals surface area contributed by atoms with Crippen LogP contribution < -0.4 is 0 Å². The van der Waals surface area contributed by atoms with Gasteiger partial charge in [0.05, 0.1) is 6.10 Å². The van der Waals surface area contributed by atoms with Crippen molar-refractivity contribution < 1.29 is 9.22 Å². The molecule has 19 heavy (non-hydrogen) atoms. The molecule has 1 saturated heterocycles. The fourth-order valence-corrected chi connectivity index (χ4v) is 3.46. The average molecular weight is 286 g/mol. The minimum atomic E-state index is -1.74. The minimum Gasteiger partial charge on any atom is -0.412 e. The predicted molar refractivity (Wildman–Crippen MR) is 82.0 cm³/mol. The molecule has 0 aromatic rings. The molecule has 0 saturated carbocycles. The summed E-state index contributed by atoms with van der Waals surface area (Å²) in [6, 6.07) is 0.100. The van der Waals surface area contributed by atoms with Gasteiger partial charge in [0.2, 0.25) is 0 Å². The Morgan fingerprint density at radius 3 is 2.37 bits per heavy atom. The molecule has 0 aliphatic carbocycles. The molecule has 112 valence electrons. The van der Waals surface area contributed by atoms with Crippen molar-refractivity contribution in [3.05, 3.63) is 0 Å². The van der Waals surface area contributed by atoms with E-state index in [2.05, 4.69) is 33.9 Å². The molecule has 1 atom stereocenters. The molecule has 0 bridgehead atoms. The quantitative estimate of drug-likeness (QED) is 0.731. The number of carbonyl (C=O) groups excluding carboxylic acids is 1. The zero-order chi connectivity index (χ0) is 14.8. The number of rotatable bonds is 2. The molecule has 4 nitrogen and oxygen atoms in total. The van der Waals surface area contributed by atoms with Crippen molar-refractivity contribution >= 4 is 14.3 Å². The van der Waals surface area contributed by atoms with Crippen molar-refractivity contribution in [3.63, 3.8) is 0 Å². The van der Waals surface area contributed by atoms with Gasteiger partial charge in [0, 0.05) is 27.2 Å². The van der Waals surface area contributed by atoms with Gasteiger partial charge in [0.25, 0.3) is 0 Å². The van der Waals surface area contributed by atoms with Gasteiger partial charge in [-0.15, -0.1) is 0 Å². The maximum absolute atomic E-state index is 12.0. The highest BCUT2D eigenvalue weighted by Gasteiger charge is 2.40. The topological polar surface area (TPSA) is 32.8 Å². The van der Waals surface area contributed by atoms with Crippen LogP contribution in [0.1, 0.15) is 33.6 Å². The first-order valence-corrected chi connectivity index (χ1v) is 10.1. The lowest BCUT2D eigenvalue weighted by Gasteiger charge is -2.42. The van der Waals surface area contributed by atoms with E-state index in [0.717, 1.165) is 25.9 Å². The van der Waals surface area contributed by atoms with Crippen LogP contribution in [0.15, 0.2) is 0 Å². The Morgan fingerprint density at radius 2 is 1.89 bits per heavy atom. The lowest BCUT2D eigenvalue weighted by atomic mass is 10.1. The first-order valence-electron chi connectivity index (χ1n) is 7.18. The van der Waals surface area contributed by atoms with E-state index >= 15 is 0 Å². The molecule has 1 fully saturated rings. The van der Waals surface area contributed by atoms with Crippen molar-refractivity contribution in [3.8, 4) is 0 Å². The third-order valence-corrected chi connectivity index (χ3v) is 8.83. The standard InChI is InChI=1S/C14H30N2O2Si/c1-14(2,3)19(6,7)18-12-9-8-10-16(11-12)13(17)15(4)5/h12H,8-11H2,1-7H3/t12-/m1/s1. The summed E-state index contributed by atoms with van der Waals surface area (Å²) in [4.78, 5) is 15.6. The number of piperidine rings is 1. The van der Waals surface area contributed by atoms with Crippen LogP contribution in [0.4, 0.5) is 4.79 Å². The SMILES string of the molecule is CN(C)C(=O)N1CCC[C@@H](O[Si](C)(C)C(C)(C)C)C1. The Morgan fingerprint density at radius 1 is 1.32 bits per heavy atom. The lowest BCUT2D eigenvalue weighted by Crippen LogP contribution is -2.52. The Kier molecular flexibility index (Phi) is 5.06. The maximum atomic E-state index is 12.0. The largest absolute Gasteiger partial charge is 0.412 e. The molecule has 0 aromatic heterocycles. The molecule has 1 aliphatic rings. The van der Waals surface area contributed by atoms with E-state index in [9.17, 15) is 4.79 Å². The van der Waals surface area contributed by atoms with Gasteiger partial charge in [-0.25, -0.2) is 4.79 Å². The van der Waals surface area contributed by atoms with Crippen LogP contribution in [-0.4, -0.2) is 57.4 Å². The van der Waals surface area contributed by atoms with Crippen LogP contribution in [0.3, 0.4) is 0 Å². The summed E-state index contributed by atoms with van der Waals surface area (Å²) in [6.45, 7) is 12.9. The molecular formula is C14H30N2O2Si. The van der Waals surface area contributed by atoms with Crippen LogP contribution >= 0.6 is 0 Å². The van der Waals surface area contributed by atoms with Crippen LogP contribution in [0.2, 0.25) is 18.1 Å². The fourth-order valence-electron chi connectivity index (χ4n) is 2.08. The van der Waals surface area contributed by atoms with E-state index in [0.29, 0.717) is 0 Å². The third-order valence-electron chi connectivity index (χ3n) is 4.30. The summed E-state index contributed by atoms with van der Waals surface area (Å²) in [5.74, 6) is 0. The second-order valence-corrected chi connectivity index (χ2v) is 12.0. The molecule has 1 heterocycles. The van der Waals surface area contributed by atoms with E-state index in [-0.39, 0.29) is 17.2 Å². The molecule has 0 N–H and O–H groups in total. The molecular weight excluding hydrogens is 256 g/mol. The van der Waals surface area contributed by atoms with Gasteiger partial charge >= 0.3 is 6.03 Å². The highest BCUT2D eigenvalue weighted by atomic mass is 28.4. The number of amides is 2. The first-order chi connectivity index (χ1) is 8.54. The van der Waals surface area contributed by atoms with Gasteiger partial charge in [-0.05, 0) is 31.0 Å². The Bertz CT molecular complexity index is 324. The molecule has 1 rings (SSSR count). The minimum absolute atomic E-state index is 0.100. The third kappa shape index (κ3) is 4.21. The van der Waals surface area contributed by atoms with Crippen molar-refractivity contribution in [2.24, 2.45) is 0 Å². The molecule has 0 spiro atoms. The zero-order valence-electron chi connectivity index (χ0n) is 13.6. The fraction of sp³-hybridized carbons (Fsp3) is 0.929. The number of urea groups is 1. The zero-order valence-corrected chi connectivity index (χ0v) is 14.6. The van der Waals surface area contributed by atoms with Crippen molar-refractivity contribution in [2.45, 2.75) is 57.8 Å². The van der Waals surface area contributed by atoms with E-state index in [1.165, 1.54) is 0 Å². The van der Waals surface area contributed by atoms with Crippen LogP contribution in [0.25, 0.3) is 0 Å². The van der Waals surface area contributed by atoms with E-state index in [4.69, 9.17) is 4.43 Å². The predicted octanol–water partition coefficient (Wildman–Crippen LogP) is 3.15. The van der Waals surface area contributed by atoms with Crippen LogP contribution in [-0.2, 0) is 4.43 Å². The van der Waals surface area contributed by atoms with Gasteiger partial charge in [0.15, 0.2) is 8.32 Å². The second kappa shape index (κ2) is 5.83. The molecule has 0 aromatic carbocycles. The van der Waals surface area contributed by atoms with Crippen molar-refractivity contribution in [1.82, 2.24) is 9.80 Å². The highest BCUT2D eigenvalue weighted by Crippen LogP contribution is 2.38. The molecule has 5 heteroatoms. The average Bonchev–Trinajstić information content (AvgIpc) is 2.26. The number of hydrogen-bond acceptors (Lipinski definition) is 2. The summed E-state index contributed by atoms with van der Waals surface area (Å²) in [6.07, 6.45) is 2.32. The number of likely N-dealkylation sites (tertiary alicyclic amines) is 1. The highest BCUT2D eigenvalue weighted by molar-refractivity contribution is 6.74. The van der Waals surface area contributed by atoms with Gasteiger partial charge in [0.1, 0.15) is 0 Å². The normalized spacial score (nSPS) is 21.4. The molecule has 1 aliphatic heterocycles. The Hall–Kier alpha value is -0.553. The van der Waals surface area contributed by atoms with Crippen LogP contribution in [0.5, 0.6) is 0 Å². The van der Waals surface area contributed by atoms with Gasteiger partial charge in [-0.1, -0.05) is 20.8 Å². The molecule has 2 amide bonds. The maximum Gasteiger partial charge on any atom is 0.319 e. The molecule has 0 unspecified atom stereocenters. The summed E-state index contributed by atoms with van der Waals surface area (Å²) in [5, 5.41) is 0.223. The smallest absolute Gasteiger partial charge is 0.319 e. The first kappa shape index (κ1) is 16.5. The van der Waals surface area contributed by atoms with Gasteiger partial charge in [-0.2, -0.15) is 0 Å². The van der Waals surface area contributed by atoms with Crippen LogP contribution in [0, 0.1) is 0 Å². The number of nitrogens with zero attached hydrogens (tertiary/aromatic N) is 2. The van der Waals surface area contributed by atoms with E-state index < -0.39 is 8.32 Å².